The molecule has 1 aliphatic rings. The van der Waals surface area contributed by atoms with Crippen LogP contribution in [-0.2, 0) is 0 Å². The Morgan fingerprint density at radius 2 is 1.88 bits per heavy atom. The van der Waals surface area contributed by atoms with Gasteiger partial charge in [0.05, 0.1) is 0 Å². The Labute approximate surface area is 102 Å². The number of nitrogens with zero attached hydrogens (tertiary/aromatic N) is 1. The van der Waals surface area contributed by atoms with Gasteiger partial charge in [0.25, 0.3) is 0 Å². The van der Waals surface area contributed by atoms with Crippen LogP contribution in [0.5, 0.6) is 0 Å². The molecule has 0 aromatic heterocycles. The highest BCUT2D eigenvalue weighted by Crippen LogP contribution is 2.17. The molecule has 0 atom stereocenters. The highest BCUT2D eigenvalue weighted by atomic mass is 16.2. The van der Waals surface area contributed by atoms with Crippen LogP contribution in [0.2, 0.25) is 0 Å². The molecule has 1 aromatic carbocycles. The van der Waals surface area contributed by atoms with Gasteiger partial charge in [0.1, 0.15) is 0 Å². The number of anilines is 2. The summed E-state index contributed by atoms with van der Waals surface area (Å²) in [5.41, 5.74) is 7.09. The van der Waals surface area contributed by atoms with Crippen molar-refractivity contribution in [3.05, 3.63) is 24.3 Å². The molecule has 92 valence electrons. The Morgan fingerprint density at radius 3 is 2.47 bits per heavy atom. The van der Waals surface area contributed by atoms with E-state index in [4.69, 9.17) is 5.73 Å². The van der Waals surface area contributed by atoms with Gasteiger partial charge >= 0.3 is 6.03 Å². The van der Waals surface area contributed by atoms with E-state index >= 15 is 0 Å². The van der Waals surface area contributed by atoms with Crippen LogP contribution in [0.3, 0.4) is 0 Å². The lowest BCUT2D eigenvalue weighted by Gasteiger charge is -2.30. The van der Waals surface area contributed by atoms with Crippen LogP contribution in [0, 0.1) is 5.92 Å². The zero-order chi connectivity index (χ0) is 12.3. The topological polar surface area (TPSA) is 58.4 Å². The summed E-state index contributed by atoms with van der Waals surface area (Å²) in [6, 6.07) is 7.20. The zero-order valence-corrected chi connectivity index (χ0v) is 10.1. The molecular weight excluding hydrogens is 214 g/mol. The summed E-state index contributed by atoms with van der Waals surface area (Å²) in [6.45, 7) is 3.93. The van der Waals surface area contributed by atoms with E-state index in [1.807, 2.05) is 17.0 Å². The molecule has 0 spiro atoms. The van der Waals surface area contributed by atoms with Gasteiger partial charge in [0.2, 0.25) is 0 Å². The molecule has 1 saturated heterocycles. The number of nitrogen functional groups attached to an aromatic ring is 1. The fourth-order valence-electron chi connectivity index (χ4n) is 1.98. The van der Waals surface area contributed by atoms with Gasteiger partial charge in [0.15, 0.2) is 0 Å². The average Bonchev–Trinajstić information content (AvgIpc) is 2.33. The molecule has 1 aromatic rings. The number of nitrogens with one attached hydrogen (secondary N) is 1. The lowest BCUT2D eigenvalue weighted by Crippen LogP contribution is -2.40. The van der Waals surface area contributed by atoms with E-state index in [0.29, 0.717) is 5.69 Å². The third-order valence-electron chi connectivity index (χ3n) is 3.23. The van der Waals surface area contributed by atoms with Crippen LogP contribution in [-0.4, -0.2) is 24.0 Å². The Hall–Kier alpha value is -1.71. The van der Waals surface area contributed by atoms with Gasteiger partial charge in [-0.05, 0) is 43.0 Å². The molecule has 0 unspecified atom stereocenters. The molecule has 3 N–H and O–H groups in total. The van der Waals surface area contributed by atoms with Gasteiger partial charge in [0, 0.05) is 24.5 Å². The van der Waals surface area contributed by atoms with E-state index in [0.717, 1.165) is 37.5 Å². The molecule has 17 heavy (non-hydrogen) atoms. The first kappa shape index (κ1) is 11.8. The summed E-state index contributed by atoms with van der Waals surface area (Å²) in [5.74, 6) is 0.732. The molecule has 0 radical (unpaired) electrons. The van der Waals surface area contributed by atoms with Gasteiger partial charge in [-0.15, -0.1) is 0 Å². The first-order valence-electron chi connectivity index (χ1n) is 6.06. The summed E-state index contributed by atoms with van der Waals surface area (Å²) in [5, 5.41) is 2.89. The van der Waals surface area contributed by atoms with Crippen LogP contribution >= 0.6 is 0 Å². The number of benzene rings is 1. The van der Waals surface area contributed by atoms with Crippen molar-refractivity contribution >= 4 is 17.4 Å². The Bertz CT molecular complexity index is 380. The van der Waals surface area contributed by atoms with Crippen molar-refractivity contribution in [2.75, 3.05) is 24.1 Å². The van der Waals surface area contributed by atoms with Crippen LogP contribution in [0.25, 0.3) is 0 Å². The molecule has 2 rings (SSSR count). The van der Waals surface area contributed by atoms with Crippen molar-refractivity contribution in [1.82, 2.24) is 4.90 Å². The minimum Gasteiger partial charge on any atom is -0.399 e. The number of carbonyl (C=O) groups is 1. The van der Waals surface area contributed by atoms with Crippen molar-refractivity contribution in [2.24, 2.45) is 5.92 Å². The van der Waals surface area contributed by atoms with Crippen LogP contribution in [0.1, 0.15) is 19.8 Å². The number of hydrogen-bond donors (Lipinski definition) is 2. The maximum absolute atomic E-state index is 11.9. The Kier molecular flexibility index (Phi) is 3.52. The first-order chi connectivity index (χ1) is 8.15. The van der Waals surface area contributed by atoms with E-state index in [1.54, 1.807) is 12.1 Å². The molecule has 0 bridgehead atoms. The number of piperidine rings is 1. The number of rotatable bonds is 1. The van der Waals surface area contributed by atoms with Crippen LogP contribution in [0.4, 0.5) is 16.2 Å². The fraction of sp³-hybridized carbons (Fsp3) is 0.462. The van der Waals surface area contributed by atoms with E-state index in [1.165, 1.54) is 0 Å². The number of likely N-dealkylation sites (tertiary alicyclic amines) is 1. The smallest absolute Gasteiger partial charge is 0.321 e. The number of amides is 2. The van der Waals surface area contributed by atoms with Gasteiger partial charge < -0.3 is 16.0 Å². The second kappa shape index (κ2) is 5.08. The van der Waals surface area contributed by atoms with Gasteiger partial charge in [-0.2, -0.15) is 0 Å². The standard InChI is InChI=1S/C13H19N3O/c1-10-6-8-16(9-7-10)13(17)15-12-4-2-11(14)3-5-12/h2-5,10H,6-9,14H2,1H3,(H,15,17). The lowest BCUT2D eigenvalue weighted by atomic mass is 10.00. The van der Waals surface area contributed by atoms with Gasteiger partial charge in [-0.25, -0.2) is 4.79 Å². The molecule has 2 amide bonds. The highest BCUT2D eigenvalue weighted by molar-refractivity contribution is 5.89. The van der Waals surface area contributed by atoms with Crippen molar-refractivity contribution in [3.63, 3.8) is 0 Å². The largest absolute Gasteiger partial charge is 0.399 e. The maximum atomic E-state index is 11.9. The van der Waals surface area contributed by atoms with E-state index in [9.17, 15) is 4.79 Å². The lowest BCUT2D eigenvalue weighted by molar-refractivity contribution is 0.186. The number of carbonyl (C=O) groups excluding carboxylic acids is 1. The zero-order valence-electron chi connectivity index (χ0n) is 10.1. The summed E-state index contributed by atoms with van der Waals surface area (Å²) >= 11 is 0. The first-order valence-corrected chi connectivity index (χ1v) is 6.06. The summed E-state index contributed by atoms with van der Waals surface area (Å²) in [7, 11) is 0. The Balaban J connectivity index is 1.90. The third-order valence-corrected chi connectivity index (χ3v) is 3.23. The second-order valence-electron chi connectivity index (χ2n) is 4.72. The Morgan fingerprint density at radius 1 is 1.29 bits per heavy atom. The van der Waals surface area contributed by atoms with E-state index in [-0.39, 0.29) is 6.03 Å². The minimum atomic E-state index is -0.0123. The quantitative estimate of drug-likeness (QED) is 0.732. The number of urea groups is 1. The molecule has 4 nitrogen and oxygen atoms in total. The van der Waals surface area contributed by atoms with Crippen molar-refractivity contribution in [3.8, 4) is 0 Å². The van der Waals surface area contributed by atoms with E-state index in [2.05, 4.69) is 12.2 Å². The van der Waals surface area contributed by atoms with Crippen molar-refractivity contribution in [2.45, 2.75) is 19.8 Å². The molecule has 1 aliphatic heterocycles. The van der Waals surface area contributed by atoms with Crippen molar-refractivity contribution in [1.29, 1.82) is 0 Å². The molecule has 0 saturated carbocycles. The molecule has 0 aliphatic carbocycles. The normalized spacial score (nSPS) is 16.9. The third kappa shape index (κ3) is 3.12. The second-order valence-corrected chi connectivity index (χ2v) is 4.72. The SMILES string of the molecule is CC1CCN(C(=O)Nc2ccc(N)cc2)CC1. The van der Waals surface area contributed by atoms with Gasteiger partial charge in [-0.3, -0.25) is 0 Å². The number of nitrogens with two attached hydrogens (primary N) is 1. The molecule has 1 heterocycles. The molecular formula is C13H19N3O. The monoisotopic (exact) mass is 233 g/mol. The van der Waals surface area contributed by atoms with E-state index < -0.39 is 0 Å². The predicted octanol–water partition coefficient (Wildman–Crippen LogP) is 2.53. The average molecular weight is 233 g/mol. The maximum Gasteiger partial charge on any atom is 0.321 e. The summed E-state index contributed by atoms with van der Waals surface area (Å²) in [4.78, 5) is 13.8. The number of hydrogen-bond acceptors (Lipinski definition) is 2. The minimum absolute atomic E-state index is 0.0123. The van der Waals surface area contributed by atoms with Crippen molar-refractivity contribution < 1.29 is 4.79 Å². The van der Waals surface area contributed by atoms with Crippen LogP contribution < -0.4 is 11.1 Å². The summed E-state index contributed by atoms with van der Waals surface area (Å²) < 4.78 is 0. The molecule has 1 fully saturated rings. The van der Waals surface area contributed by atoms with Gasteiger partial charge in [-0.1, -0.05) is 6.92 Å². The van der Waals surface area contributed by atoms with Crippen LogP contribution in [0.15, 0.2) is 24.3 Å². The fourth-order valence-corrected chi connectivity index (χ4v) is 1.98. The summed E-state index contributed by atoms with van der Waals surface area (Å²) in [6.07, 6.45) is 2.18. The predicted molar refractivity (Wildman–Crippen MR) is 69.8 cm³/mol. The molecule has 4 heteroatoms. The highest BCUT2D eigenvalue weighted by Gasteiger charge is 2.19.